The van der Waals surface area contributed by atoms with E-state index in [1.807, 2.05) is 20.8 Å². The molecule has 2 rings (SSSR count). The Kier molecular flexibility index (Phi) is 6.62. The number of carbonyl (C=O) groups excluding carboxylic acids is 3. The van der Waals surface area contributed by atoms with Crippen molar-refractivity contribution in [2.45, 2.75) is 58.8 Å². The van der Waals surface area contributed by atoms with E-state index >= 15 is 0 Å². The van der Waals surface area contributed by atoms with Gasteiger partial charge in [0.25, 0.3) is 5.91 Å². The molecular formula is C19H30N4O4. The minimum absolute atomic E-state index is 0.150. The average Bonchev–Trinajstić information content (AvgIpc) is 3.20. The molecular weight excluding hydrogens is 348 g/mol. The van der Waals surface area contributed by atoms with Gasteiger partial charge in [0.1, 0.15) is 5.69 Å². The average molecular weight is 378 g/mol. The Hall–Kier alpha value is -2.38. The fourth-order valence-electron chi connectivity index (χ4n) is 2.99. The molecule has 0 spiro atoms. The molecule has 1 fully saturated rings. The summed E-state index contributed by atoms with van der Waals surface area (Å²) in [5.41, 5.74) is 1.13. The fraction of sp³-hybridized carbons (Fsp3) is 0.684. The van der Waals surface area contributed by atoms with Crippen molar-refractivity contribution >= 4 is 17.8 Å². The highest BCUT2D eigenvalue weighted by Gasteiger charge is 2.33. The van der Waals surface area contributed by atoms with E-state index in [1.165, 1.54) is 10.0 Å². The van der Waals surface area contributed by atoms with Crippen molar-refractivity contribution in [3.8, 4) is 0 Å². The van der Waals surface area contributed by atoms with Crippen LogP contribution in [0.1, 0.15) is 69.6 Å². The summed E-state index contributed by atoms with van der Waals surface area (Å²) in [6, 6.07) is 1.80. The molecule has 0 aromatic carbocycles. The Balaban J connectivity index is 2.03. The Morgan fingerprint density at radius 3 is 2.41 bits per heavy atom. The van der Waals surface area contributed by atoms with E-state index in [1.54, 1.807) is 24.7 Å². The number of carbonyl (C=O) groups is 3. The molecule has 150 valence electrons. The molecule has 0 bridgehead atoms. The van der Waals surface area contributed by atoms with E-state index in [0.717, 1.165) is 12.1 Å². The molecule has 8 heteroatoms. The normalized spacial score (nSPS) is 14.6. The van der Waals surface area contributed by atoms with E-state index in [4.69, 9.17) is 4.74 Å². The first-order valence-corrected chi connectivity index (χ1v) is 9.47. The van der Waals surface area contributed by atoms with Crippen molar-refractivity contribution in [3.63, 3.8) is 0 Å². The maximum atomic E-state index is 13.0. The Bertz CT molecular complexity index is 705. The Morgan fingerprint density at radius 1 is 1.15 bits per heavy atom. The third-order valence-electron chi connectivity index (χ3n) is 4.50. The van der Waals surface area contributed by atoms with Gasteiger partial charge in [-0.15, -0.1) is 0 Å². The maximum Gasteiger partial charge on any atom is 0.305 e. The van der Waals surface area contributed by atoms with Gasteiger partial charge in [0.15, 0.2) is 0 Å². The highest BCUT2D eigenvalue weighted by atomic mass is 16.5. The first-order chi connectivity index (χ1) is 12.6. The lowest BCUT2D eigenvalue weighted by Crippen LogP contribution is -2.45. The van der Waals surface area contributed by atoms with Crippen LogP contribution in [0.3, 0.4) is 0 Å². The number of nitrogens with zero attached hydrogens (tertiary/aromatic N) is 4. The Morgan fingerprint density at radius 2 is 1.81 bits per heavy atom. The number of hydrogen-bond acceptors (Lipinski definition) is 5. The molecule has 0 unspecified atom stereocenters. The molecule has 0 N–H and O–H groups in total. The summed E-state index contributed by atoms with van der Waals surface area (Å²) in [4.78, 5) is 36.9. The Labute approximate surface area is 160 Å². The molecule has 27 heavy (non-hydrogen) atoms. The largest absolute Gasteiger partial charge is 0.466 e. The van der Waals surface area contributed by atoms with Gasteiger partial charge in [0, 0.05) is 38.4 Å². The smallest absolute Gasteiger partial charge is 0.305 e. The van der Waals surface area contributed by atoms with Gasteiger partial charge in [-0.1, -0.05) is 20.8 Å². The lowest BCUT2D eigenvalue weighted by atomic mass is 9.92. The van der Waals surface area contributed by atoms with Gasteiger partial charge in [0.05, 0.1) is 12.3 Å². The predicted octanol–water partition coefficient (Wildman–Crippen LogP) is 2.04. The van der Waals surface area contributed by atoms with Gasteiger partial charge in [0.2, 0.25) is 5.91 Å². The molecule has 1 aliphatic heterocycles. The minimum atomic E-state index is -0.302. The van der Waals surface area contributed by atoms with Gasteiger partial charge in [-0.3, -0.25) is 24.1 Å². The van der Waals surface area contributed by atoms with Crippen LogP contribution < -0.4 is 0 Å². The first-order valence-electron chi connectivity index (χ1n) is 9.47. The van der Waals surface area contributed by atoms with Crippen LogP contribution >= 0.6 is 0 Å². The van der Waals surface area contributed by atoms with Gasteiger partial charge < -0.3 is 4.74 Å². The molecule has 1 saturated heterocycles. The molecule has 0 saturated carbocycles. The molecule has 0 radical (unpaired) electrons. The van der Waals surface area contributed by atoms with Gasteiger partial charge in [-0.05, 0) is 25.8 Å². The van der Waals surface area contributed by atoms with E-state index in [0.29, 0.717) is 31.8 Å². The lowest BCUT2D eigenvalue weighted by molar-refractivity contribution is -0.144. The van der Waals surface area contributed by atoms with Gasteiger partial charge in [-0.2, -0.15) is 5.10 Å². The highest BCUT2D eigenvalue weighted by molar-refractivity contribution is 5.94. The standard InChI is InChI=1S/C19H30N4O4/c1-6-27-17(25)10-7-9-16(24)22-11-8-12-23(22)18(26)14-13-15(19(2,3)4)20-21(14)5/h13H,6-12H2,1-5H3. The van der Waals surface area contributed by atoms with Crippen LogP contribution in [0.25, 0.3) is 0 Å². The van der Waals surface area contributed by atoms with Crippen LogP contribution in [-0.2, 0) is 26.8 Å². The minimum Gasteiger partial charge on any atom is -0.466 e. The van der Waals surface area contributed by atoms with E-state index < -0.39 is 0 Å². The van der Waals surface area contributed by atoms with Crippen LogP contribution in [0.4, 0.5) is 0 Å². The van der Waals surface area contributed by atoms with E-state index in [-0.39, 0.29) is 36.0 Å². The summed E-state index contributed by atoms with van der Waals surface area (Å²) >= 11 is 0. The number of hydrogen-bond donors (Lipinski definition) is 0. The first kappa shape index (κ1) is 20.9. The van der Waals surface area contributed by atoms with Crippen LogP contribution in [-0.4, -0.2) is 57.3 Å². The van der Waals surface area contributed by atoms with Crippen molar-refractivity contribution in [1.29, 1.82) is 0 Å². The van der Waals surface area contributed by atoms with Crippen molar-refractivity contribution < 1.29 is 19.1 Å². The van der Waals surface area contributed by atoms with Crippen LogP contribution in [0.15, 0.2) is 6.07 Å². The molecule has 2 amide bonds. The third-order valence-corrected chi connectivity index (χ3v) is 4.50. The van der Waals surface area contributed by atoms with E-state index in [2.05, 4.69) is 5.10 Å². The molecule has 2 heterocycles. The van der Waals surface area contributed by atoms with Crippen molar-refractivity contribution in [2.24, 2.45) is 7.05 Å². The molecule has 1 aliphatic rings. The number of esters is 1. The molecule has 0 atom stereocenters. The summed E-state index contributed by atoms with van der Waals surface area (Å²) in [6.07, 6.45) is 1.56. The summed E-state index contributed by atoms with van der Waals surface area (Å²) in [7, 11) is 1.74. The lowest BCUT2D eigenvalue weighted by Gasteiger charge is -2.27. The molecule has 1 aromatic heterocycles. The second-order valence-corrected chi connectivity index (χ2v) is 7.75. The second-order valence-electron chi connectivity index (χ2n) is 7.75. The number of rotatable bonds is 6. The molecule has 0 aliphatic carbocycles. The van der Waals surface area contributed by atoms with Crippen molar-refractivity contribution in [3.05, 3.63) is 17.5 Å². The number of amides is 2. The summed E-state index contributed by atoms with van der Waals surface area (Å²) < 4.78 is 6.45. The SMILES string of the molecule is CCOC(=O)CCCC(=O)N1CCCN1C(=O)c1cc(C(C)(C)C)nn1C. The number of aryl methyl sites for hydroxylation is 1. The molecule has 8 nitrogen and oxygen atoms in total. The summed E-state index contributed by atoms with van der Waals surface area (Å²) in [6.45, 7) is 9.21. The molecule has 1 aromatic rings. The van der Waals surface area contributed by atoms with Crippen molar-refractivity contribution in [2.75, 3.05) is 19.7 Å². The van der Waals surface area contributed by atoms with Crippen molar-refractivity contribution in [1.82, 2.24) is 19.8 Å². The maximum absolute atomic E-state index is 13.0. The zero-order valence-electron chi connectivity index (χ0n) is 16.9. The third kappa shape index (κ3) is 5.08. The predicted molar refractivity (Wildman–Crippen MR) is 99.8 cm³/mol. The summed E-state index contributed by atoms with van der Waals surface area (Å²) in [5.74, 6) is -0.677. The number of hydrazine groups is 1. The topological polar surface area (TPSA) is 84.7 Å². The number of aromatic nitrogens is 2. The fourth-order valence-corrected chi connectivity index (χ4v) is 2.99. The van der Waals surface area contributed by atoms with Gasteiger partial charge >= 0.3 is 5.97 Å². The zero-order chi connectivity index (χ0) is 20.2. The highest BCUT2D eigenvalue weighted by Crippen LogP contribution is 2.23. The zero-order valence-corrected chi connectivity index (χ0v) is 16.9. The van der Waals surface area contributed by atoms with Crippen LogP contribution in [0, 0.1) is 0 Å². The summed E-state index contributed by atoms with van der Waals surface area (Å²) in [5, 5.41) is 7.44. The van der Waals surface area contributed by atoms with Crippen LogP contribution in [0.5, 0.6) is 0 Å². The van der Waals surface area contributed by atoms with Gasteiger partial charge in [-0.25, -0.2) is 5.01 Å². The number of ether oxygens (including phenoxy) is 1. The second kappa shape index (κ2) is 8.54. The van der Waals surface area contributed by atoms with Crippen LogP contribution in [0.2, 0.25) is 0 Å². The monoisotopic (exact) mass is 378 g/mol. The van der Waals surface area contributed by atoms with E-state index in [9.17, 15) is 14.4 Å². The quantitative estimate of drug-likeness (QED) is 0.707.